The van der Waals surface area contributed by atoms with Crippen LogP contribution >= 0.6 is 0 Å². The summed E-state index contributed by atoms with van der Waals surface area (Å²) in [7, 11) is 0. The van der Waals surface area contributed by atoms with Crippen LogP contribution in [0.1, 0.15) is 24.0 Å². The molecule has 0 saturated heterocycles. The fourth-order valence-electron chi connectivity index (χ4n) is 2.01. The summed E-state index contributed by atoms with van der Waals surface area (Å²) in [6.45, 7) is 2.16. The predicted molar refractivity (Wildman–Crippen MR) is 71.7 cm³/mol. The number of nitro groups is 1. The predicted octanol–water partition coefficient (Wildman–Crippen LogP) is 3.94. The van der Waals surface area contributed by atoms with Crippen LogP contribution in [0.4, 0.5) is 5.69 Å². The summed E-state index contributed by atoms with van der Waals surface area (Å²) in [5, 5.41) is 10.6. The van der Waals surface area contributed by atoms with E-state index >= 15 is 0 Å². The van der Waals surface area contributed by atoms with Gasteiger partial charge in [0, 0.05) is 12.1 Å². The molecular formula is C15H15NO2. The summed E-state index contributed by atoms with van der Waals surface area (Å²) < 4.78 is 0. The molecule has 0 bridgehead atoms. The minimum absolute atomic E-state index is 0.145. The Labute approximate surface area is 106 Å². The first-order chi connectivity index (χ1) is 8.66. The monoisotopic (exact) mass is 241 g/mol. The van der Waals surface area contributed by atoms with E-state index < -0.39 is 0 Å². The first-order valence-electron chi connectivity index (χ1n) is 5.95. The molecule has 0 aliphatic rings. The largest absolute Gasteiger partial charge is 0.269 e. The molecule has 1 atom stereocenters. The van der Waals surface area contributed by atoms with Gasteiger partial charge in [0.2, 0.25) is 0 Å². The second-order valence-electron chi connectivity index (χ2n) is 4.44. The average molecular weight is 241 g/mol. The number of non-ortho nitro benzene ring substituents is 1. The Morgan fingerprint density at radius 1 is 1.06 bits per heavy atom. The lowest BCUT2D eigenvalue weighted by Crippen LogP contribution is -1.98. The topological polar surface area (TPSA) is 43.1 Å². The van der Waals surface area contributed by atoms with Gasteiger partial charge in [-0.3, -0.25) is 10.1 Å². The molecule has 0 aliphatic heterocycles. The molecular weight excluding hydrogens is 226 g/mol. The van der Waals surface area contributed by atoms with E-state index in [4.69, 9.17) is 0 Å². The SMILES string of the molecule is CC(Cc1ccc([N+](=O)[O-])cc1)c1ccccc1. The highest BCUT2D eigenvalue weighted by Crippen LogP contribution is 2.21. The van der Waals surface area contributed by atoms with Gasteiger partial charge in [-0.15, -0.1) is 0 Å². The molecule has 0 saturated carbocycles. The van der Waals surface area contributed by atoms with Crippen molar-refractivity contribution in [1.82, 2.24) is 0 Å². The molecule has 0 N–H and O–H groups in total. The Balaban J connectivity index is 2.08. The van der Waals surface area contributed by atoms with Crippen LogP contribution in [0.5, 0.6) is 0 Å². The smallest absolute Gasteiger partial charge is 0.258 e. The highest BCUT2D eigenvalue weighted by molar-refractivity contribution is 5.34. The molecule has 2 rings (SSSR count). The van der Waals surface area contributed by atoms with E-state index in [-0.39, 0.29) is 10.6 Å². The Kier molecular flexibility index (Phi) is 3.72. The van der Waals surface area contributed by atoms with Crippen molar-refractivity contribution in [3.05, 3.63) is 75.8 Å². The first kappa shape index (κ1) is 12.3. The maximum Gasteiger partial charge on any atom is 0.269 e. The van der Waals surface area contributed by atoms with E-state index in [0.717, 1.165) is 12.0 Å². The standard InChI is InChI=1S/C15H15NO2/c1-12(14-5-3-2-4-6-14)11-13-7-9-15(10-8-13)16(17)18/h2-10,12H,11H2,1H3. The lowest BCUT2D eigenvalue weighted by Gasteiger charge is -2.11. The molecule has 1 unspecified atom stereocenters. The third-order valence-electron chi connectivity index (χ3n) is 3.06. The number of nitro benzene ring substituents is 1. The van der Waals surface area contributed by atoms with Crippen molar-refractivity contribution in [2.24, 2.45) is 0 Å². The van der Waals surface area contributed by atoms with Gasteiger partial charge in [-0.2, -0.15) is 0 Å². The third kappa shape index (κ3) is 2.94. The van der Waals surface area contributed by atoms with Gasteiger partial charge in [0.05, 0.1) is 4.92 Å². The highest BCUT2D eigenvalue weighted by Gasteiger charge is 2.08. The zero-order chi connectivity index (χ0) is 13.0. The van der Waals surface area contributed by atoms with Crippen LogP contribution in [0, 0.1) is 10.1 Å². The van der Waals surface area contributed by atoms with Crippen LogP contribution in [0.3, 0.4) is 0 Å². The molecule has 92 valence electrons. The molecule has 0 aliphatic carbocycles. The van der Waals surface area contributed by atoms with Gasteiger partial charge in [0.15, 0.2) is 0 Å². The molecule has 0 radical (unpaired) electrons. The maximum atomic E-state index is 10.6. The van der Waals surface area contributed by atoms with Gasteiger partial charge in [-0.1, -0.05) is 49.4 Å². The van der Waals surface area contributed by atoms with E-state index in [1.54, 1.807) is 12.1 Å². The molecule has 0 aromatic heterocycles. The zero-order valence-corrected chi connectivity index (χ0v) is 10.2. The molecule has 2 aromatic rings. The summed E-state index contributed by atoms with van der Waals surface area (Å²) in [4.78, 5) is 10.2. The molecule has 2 aromatic carbocycles. The fraction of sp³-hybridized carbons (Fsp3) is 0.200. The lowest BCUT2D eigenvalue weighted by atomic mass is 9.94. The molecule has 0 heterocycles. The summed E-state index contributed by atoms with van der Waals surface area (Å²) in [5.41, 5.74) is 2.55. The zero-order valence-electron chi connectivity index (χ0n) is 10.2. The Bertz CT molecular complexity index is 520. The summed E-state index contributed by atoms with van der Waals surface area (Å²) in [6, 6.07) is 17.1. The van der Waals surface area contributed by atoms with E-state index in [0.29, 0.717) is 5.92 Å². The molecule has 0 fully saturated rings. The summed E-state index contributed by atoms with van der Waals surface area (Å²) >= 11 is 0. The van der Waals surface area contributed by atoms with Gasteiger partial charge in [-0.05, 0) is 23.5 Å². The van der Waals surface area contributed by atoms with Crippen molar-refractivity contribution in [3.63, 3.8) is 0 Å². The fourth-order valence-corrected chi connectivity index (χ4v) is 2.01. The molecule has 3 nitrogen and oxygen atoms in total. The summed E-state index contributed by atoms with van der Waals surface area (Å²) in [6.07, 6.45) is 0.891. The van der Waals surface area contributed by atoms with Crippen LogP contribution < -0.4 is 0 Å². The molecule has 0 spiro atoms. The highest BCUT2D eigenvalue weighted by atomic mass is 16.6. The Hall–Kier alpha value is -2.16. The Morgan fingerprint density at radius 2 is 1.67 bits per heavy atom. The van der Waals surface area contributed by atoms with Crippen LogP contribution in [-0.4, -0.2) is 4.92 Å². The maximum absolute atomic E-state index is 10.6. The third-order valence-corrected chi connectivity index (χ3v) is 3.06. The van der Waals surface area contributed by atoms with Gasteiger partial charge < -0.3 is 0 Å². The normalized spacial score (nSPS) is 12.1. The number of rotatable bonds is 4. The van der Waals surface area contributed by atoms with Crippen molar-refractivity contribution in [2.45, 2.75) is 19.3 Å². The Morgan fingerprint density at radius 3 is 2.22 bits per heavy atom. The quantitative estimate of drug-likeness (QED) is 0.601. The van der Waals surface area contributed by atoms with Crippen LogP contribution in [0.25, 0.3) is 0 Å². The number of hydrogen-bond donors (Lipinski definition) is 0. The molecule has 0 amide bonds. The van der Waals surface area contributed by atoms with E-state index in [2.05, 4.69) is 19.1 Å². The second kappa shape index (κ2) is 5.45. The van der Waals surface area contributed by atoms with Gasteiger partial charge >= 0.3 is 0 Å². The average Bonchev–Trinajstić information content (AvgIpc) is 2.40. The van der Waals surface area contributed by atoms with Crippen LogP contribution in [0.15, 0.2) is 54.6 Å². The first-order valence-corrected chi connectivity index (χ1v) is 5.95. The van der Waals surface area contributed by atoms with Crippen molar-refractivity contribution < 1.29 is 4.92 Å². The minimum atomic E-state index is -0.371. The van der Waals surface area contributed by atoms with E-state index in [1.165, 1.54) is 5.56 Å². The number of benzene rings is 2. The molecule has 3 heteroatoms. The van der Waals surface area contributed by atoms with Crippen LogP contribution in [-0.2, 0) is 6.42 Å². The van der Waals surface area contributed by atoms with Crippen LogP contribution in [0.2, 0.25) is 0 Å². The van der Waals surface area contributed by atoms with Crippen molar-refractivity contribution in [3.8, 4) is 0 Å². The van der Waals surface area contributed by atoms with Crippen molar-refractivity contribution in [2.75, 3.05) is 0 Å². The van der Waals surface area contributed by atoms with E-state index in [9.17, 15) is 10.1 Å². The van der Waals surface area contributed by atoms with Gasteiger partial charge in [-0.25, -0.2) is 0 Å². The van der Waals surface area contributed by atoms with Gasteiger partial charge in [0.1, 0.15) is 0 Å². The molecule has 18 heavy (non-hydrogen) atoms. The second-order valence-corrected chi connectivity index (χ2v) is 4.44. The van der Waals surface area contributed by atoms with E-state index in [1.807, 2.05) is 30.3 Å². The van der Waals surface area contributed by atoms with Crippen molar-refractivity contribution >= 4 is 5.69 Å². The van der Waals surface area contributed by atoms with Crippen molar-refractivity contribution in [1.29, 1.82) is 0 Å². The lowest BCUT2D eigenvalue weighted by molar-refractivity contribution is -0.384. The summed E-state index contributed by atoms with van der Waals surface area (Å²) in [5.74, 6) is 0.410. The van der Waals surface area contributed by atoms with Gasteiger partial charge in [0.25, 0.3) is 5.69 Å². The number of hydrogen-bond acceptors (Lipinski definition) is 2. The minimum Gasteiger partial charge on any atom is -0.258 e. The number of nitrogens with zero attached hydrogens (tertiary/aromatic N) is 1.